The van der Waals surface area contributed by atoms with E-state index >= 15 is 0 Å². The third-order valence-electron chi connectivity index (χ3n) is 6.40. The standard InChI is InChI=1S/C31H39N3O5S/c1-24(2)32-31(36)28(22-25-14-7-5-8-15-25)33(23-26-16-9-6-10-17-26)30(35)20-13-21-34(40(4,37)38)27-18-11-12-19-29(27)39-3/h5-12,14-19,24,28H,13,20-23H2,1-4H3,(H,32,36)/t28-/m0/s1. The Hall–Kier alpha value is -3.85. The van der Waals surface area contributed by atoms with Crippen LogP contribution in [0.5, 0.6) is 5.75 Å². The van der Waals surface area contributed by atoms with Gasteiger partial charge in [0.05, 0.1) is 19.1 Å². The number of methoxy groups -OCH3 is 1. The molecule has 0 spiro atoms. The largest absolute Gasteiger partial charge is 0.495 e. The van der Waals surface area contributed by atoms with Crippen molar-refractivity contribution in [1.82, 2.24) is 10.2 Å². The maximum atomic E-state index is 13.8. The zero-order valence-corrected chi connectivity index (χ0v) is 24.4. The number of ether oxygens (including phenoxy) is 1. The van der Waals surface area contributed by atoms with Gasteiger partial charge in [-0.05, 0) is 43.5 Å². The second kappa shape index (κ2) is 14.5. The van der Waals surface area contributed by atoms with Gasteiger partial charge in [-0.1, -0.05) is 72.8 Å². The summed E-state index contributed by atoms with van der Waals surface area (Å²) in [6.07, 6.45) is 1.82. The van der Waals surface area contributed by atoms with Gasteiger partial charge in [-0.3, -0.25) is 13.9 Å². The van der Waals surface area contributed by atoms with Crippen LogP contribution >= 0.6 is 0 Å². The molecule has 0 heterocycles. The Morgan fingerprint density at radius 1 is 0.875 bits per heavy atom. The van der Waals surface area contributed by atoms with E-state index in [9.17, 15) is 18.0 Å². The minimum Gasteiger partial charge on any atom is -0.495 e. The SMILES string of the molecule is COc1ccccc1N(CCCC(=O)N(Cc1ccccc1)[C@@H](Cc1ccccc1)C(=O)NC(C)C)S(C)(=O)=O. The van der Waals surface area contributed by atoms with E-state index in [1.807, 2.05) is 74.5 Å². The number of para-hydroxylation sites is 2. The van der Waals surface area contributed by atoms with Gasteiger partial charge in [0.1, 0.15) is 11.8 Å². The van der Waals surface area contributed by atoms with Crippen LogP contribution in [0.3, 0.4) is 0 Å². The molecule has 9 heteroatoms. The molecular weight excluding hydrogens is 526 g/mol. The first kappa shape index (κ1) is 30.7. The van der Waals surface area contributed by atoms with E-state index in [2.05, 4.69) is 5.32 Å². The maximum absolute atomic E-state index is 13.8. The van der Waals surface area contributed by atoms with E-state index in [1.54, 1.807) is 29.2 Å². The summed E-state index contributed by atoms with van der Waals surface area (Å²) in [6, 6.07) is 25.2. The Labute approximate surface area is 238 Å². The second-order valence-electron chi connectivity index (χ2n) is 9.99. The molecule has 3 aromatic rings. The molecule has 0 unspecified atom stereocenters. The number of carbonyl (C=O) groups is 2. The van der Waals surface area contributed by atoms with Gasteiger partial charge in [0, 0.05) is 32.0 Å². The monoisotopic (exact) mass is 565 g/mol. The Kier molecular flexibility index (Phi) is 11.1. The van der Waals surface area contributed by atoms with Crippen molar-refractivity contribution in [3.8, 4) is 5.75 Å². The minimum absolute atomic E-state index is 0.0637. The highest BCUT2D eigenvalue weighted by Gasteiger charge is 2.31. The highest BCUT2D eigenvalue weighted by atomic mass is 32.2. The van der Waals surface area contributed by atoms with Crippen LogP contribution in [0.15, 0.2) is 84.9 Å². The molecule has 3 aromatic carbocycles. The van der Waals surface area contributed by atoms with E-state index < -0.39 is 16.1 Å². The Morgan fingerprint density at radius 2 is 1.45 bits per heavy atom. The molecule has 0 aliphatic rings. The topological polar surface area (TPSA) is 96.0 Å². The lowest BCUT2D eigenvalue weighted by Crippen LogP contribution is -2.51. The lowest BCUT2D eigenvalue weighted by molar-refractivity contribution is -0.141. The van der Waals surface area contributed by atoms with Gasteiger partial charge in [-0.25, -0.2) is 8.42 Å². The van der Waals surface area contributed by atoms with Crippen molar-refractivity contribution in [2.75, 3.05) is 24.2 Å². The van der Waals surface area contributed by atoms with Gasteiger partial charge >= 0.3 is 0 Å². The van der Waals surface area contributed by atoms with Gasteiger partial charge in [0.15, 0.2) is 0 Å². The number of anilines is 1. The molecule has 0 saturated carbocycles. The van der Waals surface area contributed by atoms with Crippen LogP contribution < -0.4 is 14.4 Å². The van der Waals surface area contributed by atoms with Crippen molar-refractivity contribution in [1.29, 1.82) is 0 Å². The molecule has 8 nitrogen and oxygen atoms in total. The first-order valence-electron chi connectivity index (χ1n) is 13.4. The van der Waals surface area contributed by atoms with E-state index in [-0.39, 0.29) is 43.8 Å². The maximum Gasteiger partial charge on any atom is 0.243 e. The Bertz CT molecular complexity index is 1350. The normalized spacial score (nSPS) is 12.0. The van der Waals surface area contributed by atoms with Crippen LogP contribution in [0.25, 0.3) is 0 Å². The summed E-state index contributed by atoms with van der Waals surface area (Å²) in [4.78, 5) is 28.9. The first-order chi connectivity index (χ1) is 19.1. The molecule has 0 aromatic heterocycles. The number of hydrogen-bond acceptors (Lipinski definition) is 5. The second-order valence-corrected chi connectivity index (χ2v) is 11.9. The summed E-state index contributed by atoms with van der Waals surface area (Å²) in [7, 11) is -2.15. The molecule has 0 aliphatic heterocycles. The molecule has 3 rings (SSSR count). The Balaban J connectivity index is 1.87. The summed E-state index contributed by atoms with van der Waals surface area (Å²) in [5, 5.41) is 2.98. The van der Waals surface area contributed by atoms with Crippen LogP contribution in [0.2, 0.25) is 0 Å². The number of amides is 2. The van der Waals surface area contributed by atoms with Crippen molar-refractivity contribution >= 4 is 27.5 Å². The van der Waals surface area contributed by atoms with Gasteiger partial charge in [0.2, 0.25) is 21.8 Å². The van der Waals surface area contributed by atoms with Crippen molar-refractivity contribution < 1.29 is 22.7 Å². The lowest BCUT2D eigenvalue weighted by atomic mass is 10.0. The third-order valence-corrected chi connectivity index (χ3v) is 7.58. The summed E-state index contributed by atoms with van der Waals surface area (Å²) < 4.78 is 32.0. The molecule has 214 valence electrons. The summed E-state index contributed by atoms with van der Waals surface area (Å²) in [5.74, 6) is -0.0228. The fraction of sp³-hybridized carbons (Fsp3) is 0.355. The summed E-state index contributed by atoms with van der Waals surface area (Å²) in [5.41, 5.74) is 2.26. The predicted molar refractivity (Wildman–Crippen MR) is 159 cm³/mol. The first-order valence-corrected chi connectivity index (χ1v) is 15.2. The quantitative estimate of drug-likeness (QED) is 0.313. The number of rotatable bonds is 14. The average Bonchev–Trinajstić information content (AvgIpc) is 2.93. The Morgan fingerprint density at radius 3 is 2.02 bits per heavy atom. The molecule has 2 amide bonds. The number of hydrogen-bond donors (Lipinski definition) is 1. The zero-order valence-electron chi connectivity index (χ0n) is 23.6. The van der Waals surface area contributed by atoms with Gasteiger partial charge in [-0.15, -0.1) is 0 Å². The lowest BCUT2D eigenvalue weighted by Gasteiger charge is -2.32. The third kappa shape index (κ3) is 8.84. The van der Waals surface area contributed by atoms with Crippen molar-refractivity contribution in [2.45, 2.75) is 51.7 Å². The smallest absolute Gasteiger partial charge is 0.243 e. The summed E-state index contributed by atoms with van der Waals surface area (Å²) in [6.45, 7) is 4.12. The number of carbonyl (C=O) groups excluding carboxylic acids is 2. The molecule has 0 fully saturated rings. The van der Waals surface area contributed by atoms with Gasteiger partial charge in [-0.2, -0.15) is 0 Å². The van der Waals surface area contributed by atoms with Crippen molar-refractivity contribution in [3.63, 3.8) is 0 Å². The van der Waals surface area contributed by atoms with E-state index in [0.29, 0.717) is 17.9 Å². The molecule has 40 heavy (non-hydrogen) atoms. The van der Waals surface area contributed by atoms with Crippen LogP contribution in [0.1, 0.15) is 37.8 Å². The minimum atomic E-state index is -3.64. The fourth-order valence-corrected chi connectivity index (χ4v) is 5.50. The van der Waals surface area contributed by atoms with Crippen LogP contribution in [0.4, 0.5) is 5.69 Å². The molecule has 0 aliphatic carbocycles. The molecule has 0 saturated heterocycles. The fourth-order valence-electron chi connectivity index (χ4n) is 4.53. The highest BCUT2D eigenvalue weighted by Crippen LogP contribution is 2.30. The van der Waals surface area contributed by atoms with Crippen molar-refractivity contribution in [2.24, 2.45) is 0 Å². The van der Waals surface area contributed by atoms with E-state index in [1.165, 1.54) is 11.4 Å². The molecule has 1 atom stereocenters. The highest BCUT2D eigenvalue weighted by molar-refractivity contribution is 7.92. The number of nitrogens with zero attached hydrogens (tertiary/aromatic N) is 2. The van der Waals surface area contributed by atoms with Crippen LogP contribution in [-0.2, 0) is 32.6 Å². The number of nitrogens with one attached hydrogen (secondary N) is 1. The van der Waals surface area contributed by atoms with E-state index in [0.717, 1.165) is 17.4 Å². The van der Waals surface area contributed by atoms with Crippen LogP contribution in [-0.4, -0.2) is 57.1 Å². The molecule has 0 radical (unpaired) electrons. The van der Waals surface area contributed by atoms with Gasteiger partial charge < -0.3 is 15.0 Å². The molecule has 0 bridgehead atoms. The zero-order chi connectivity index (χ0) is 29.1. The summed E-state index contributed by atoms with van der Waals surface area (Å²) >= 11 is 0. The number of sulfonamides is 1. The number of benzene rings is 3. The van der Waals surface area contributed by atoms with E-state index in [4.69, 9.17) is 4.74 Å². The molecular formula is C31H39N3O5S. The van der Waals surface area contributed by atoms with Crippen molar-refractivity contribution in [3.05, 3.63) is 96.1 Å². The predicted octanol–water partition coefficient (Wildman–Crippen LogP) is 4.41. The van der Waals surface area contributed by atoms with Gasteiger partial charge in [0.25, 0.3) is 0 Å². The van der Waals surface area contributed by atoms with Crippen LogP contribution in [0, 0.1) is 0 Å². The average molecular weight is 566 g/mol. The molecule has 1 N–H and O–H groups in total.